The molecule has 7 nitrogen and oxygen atoms in total. The number of ether oxygens (including phenoxy) is 1. The molecule has 0 aliphatic carbocycles. The van der Waals surface area contributed by atoms with Gasteiger partial charge in [0.1, 0.15) is 18.9 Å². The van der Waals surface area contributed by atoms with Gasteiger partial charge in [-0.1, -0.05) is 17.7 Å². The lowest BCUT2D eigenvalue weighted by Crippen LogP contribution is -2.54. The molecule has 0 aromatic heterocycles. The summed E-state index contributed by atoms with van der Waals surface area (Å²) < 4.78 is 31.7. The van der Waals surface area contributed by atoms with Gasteiger partial charge in [0.05, 0.1) is 10.3 Å². The summed E-state index contributed by atoms with van der Waals surface area (Å²) in [7, 11) is -4.17. The first-order valence-corrected chi connectivity index (χ1v) is 9.56. The fourth-order valence-electron chi connectivity index (χ4n) is 2.35. The Bertz CT molecular complexity index is 820. The number of aryl methyl sites for hydroxylation is 1. The fraction of sp³-hybridized carbons (Fsp3) is 0.444. The molecule has 2 atom stereocenters. The molecular weight excluding hydrogens is 358 g/mol. The molecule has 1 heterocycles. The highest BCUT2D eigenvalue weighted by molar-refractivity contribution is 7.89. The van der Waals surface area contributed by atoms with Gasteiger partial charge in [0.2, 0.25) is 10.0 Å². The monoisotopic (exact) mass is 381 g/mol. The van der Waals surface area contributed by atoms with Crippen LogP contribution in [0, 0.1) is 12.3 Å². The molecule has 0 fully saturated rings. The Labute approximate surface area is 153 Å². The number of carbonyl (C=O) groups is 2. The Morgan fingerprint density at radius 2 is 1.81 bits per heavy atom. The van der Waals surface area contributed by atoms with Crippen LogP contribution in [0.5, 0.6) is 0 Å². The van der Waals surface area contributed by atoms with E-state index in [4.69, 9.17) is 4.74 Å². The summed E-state index contributed by atoms with van der Waals surface area (Å²) in [6.45, 7) is 6.28. The van der Waals surface area contributed by atoms with E-state index < -0.39 is 46.1 Å². The van der Waals surface area contributed by atoms with Gasteiger partial charge in [0, 0.05) is 0 Å². The second-order valence-electron chi connectivity index (χ2n) is 7.19. The van der Waals surface area contributed by atoms with Crippen LogP contribution in [-0.4, -0.2) is 48.5 Å². The molecule has 1 N–H and O–H groups in total. The molecule has 0 saturated heterocycles. The lowest BCUT2D eigenvalue weighted by molar-refractivity contribution is -0.155. The Morgan fingerprint density at radius 1 is 1.23 bits per heavy atom. The number of hydrogen-bond donors (Lipinski definition) is 1. The van der Waals surface area contributed by atoms with Crippen molar-refractivity contribution in [2.75, 3.05) is 6.61 Å². The van der Waals surface area contributed by atoms with Crippen molar-refractivity contribution in [3.05, 3.63) is 42.0 Å². The fourth-order valence-corrected chi connectivity index (χ4v) is 3.93. The van der Waals surface area contributed by atoms with Gasteiger partial charge in [0.25, 0.3) is 0 Å². The summed E-state index contributed by atoms with van der Waals surface area (Å²) in [4.78, 5) is 24.2. The number of rotatable bonds is 4. The number of hydrogen-bond acceptors (Lipinski definition) is 6. The first kappa shape index (κ1) is 20.3. The van der Waals surface area contributed by atoms with Gasteiger partial charge >= 0.3 is 5.97 Å². The summed E-state index contributed by atoms with van der Waals surface area (Å²) in [6.07, 6.45) is 0.662. The third kappa shape index (κ3) is 4.20. The van der Waals surface area contributed by atoms with Crippen LogP contribution in [0.1, 0.15) is 26.3 Å². The highest BCUT2D eigenvalue weighted by Gasteiger charge is 2.42. The van der Waals surface area contributed by atoms with E-state index >= 15 is 0 Å². The van der Waals surface area contributed by atoms with E-state index in [0.717, 1.165) is 17.7 Å². The van der Waals surface area contributed by atoms with Gasteiger partial charge in [-0.2, -0.15) is 4.31 Å². The molecule has 0 spiro atoms. The number of sulfonamides is 1. The number of nitrogens with zero attached hydrogens (tertiary/aromatic N) is 1. The van der Waals surface area contributed by atoms with Crippen molar-refractivity contribution in [1.29, 1.82) is 0 Å². The van der Waals surface area contributed by atoms with Crippen LogP contribution >= 0.6 is 0 Å². The molecule has 2 rings (SSSR count). The molecular formula is C18H23NO6S. The van der Waals surface area contributed by atoms with E-state index in [1.165, 1.54) is 12.1 Å². The van der Waals surface area contributed by atoms with E-state index in [1.807, 2.05) is 6.92 Å². The van der Waals surface area contributed by atoms with Gasteiger partial charge in [-0.05, 0) is 52.0 Å². The van der Waals surface area contributed by atoms with Gasteiger partial charge < -0.3 is 9.84 Å². The molecule has 0 bridgehead atoms. The lowest BCUT2D eigenvalue weighted by atomic mass is 9.97. The highest BCUT2D eigenvalue weighted by Crippen LogP contribution is 2.25. The van der Waals surface area contributed by atoms with Crippen LogP contribution in [0.25, 0.3) is 0 Å². The van der Waals surface area contributed by atoms with Gasteiger partial charge in [0.15, 0.2) is 5.78 Å². The molecule has 0 amide bonds. The topological polar surface area (TPSA) is 101 Å². The summed E-state index contributed by atoms with van der Waals surface area (Å²) in [5.74, 6) is -1.13. The molecule has 0 radical (unpaired) electrons. The molecule has 1 aromatic carbocycles. The van der Waals surface area contributed by atoms with Crippen molar-refractivity contribution < 1.29 is 27.9 Å². The van der Waals surface area contributed by atoms with Crippen LogP contribution in [0.2, 0.25) is 0 Å². The minimum atomic E-state index is -4.17. The van der Waals surface area contributed by atoms with Crippen molar-refractivity contribution >= 4 is 21.8 Å². The van der Waals surface area contributed by atoms with Crippen LogP contribution in [0.4, 0.5) is 0 Å². The van der Waals surface area contributed by atoms with E-state index in [0.29, 0.717) is 4.31 Å². The number of aliphatic hydroxyl groups excluding tert-OH is 1. The van der Waals surface area contributed by atoms with E-state index in [9.17, 15) is 23.1 Å². The van der Waals surface area contributed by atoms with Crippen molar-refractivity contribution in [1.82, 2.24) is 4.31 Å². The summed E-state index contributed by atoms with van der Waals surface area (Å²) in [5.41, 5.74) is 0.0714. The second kappa shape index (κ2) is 7.30. The van der Waals surface area contributed by atoms with Crippen LogP contribution in [-0.2, 0) is 24.3 Å². The maximum absolute atomic E-state index is 12.9. The van der Waals surface area contributed by atoms with E-state index in [1.54, 1.807) is 32.9 Å². The molecule has 1 aromatic rings. The third-order valence-electron chi connectivity index (χ3n) is 3.91. The van der Waals surface area contributed by atoms with Gasteiger partial charge in [-0.3, -0.25) is 9.59 Å². The zero-order valence-corrected chi connectivity index (χ0v) is 16.0. The van der Waals surface area contributed by atoms with Crippen LogP contribution < -0.4 is 0 Å². The van der Waals surface area contributed by atoms with Crippen LogP contribution in [0.3, 0.4) is 0 Å². The molecule has 142 valence electrons. The summed E-state index contributed by atoms with van der Waals surface area (Å²) in [5, 5.41) is 10.2. The molecule has 1 aliphatic heterocycles. The minimum Gasteiger partial charge on any atom is -0.463 e. The first-order valence-electron chi connectivity index (χ1n) is 8.12. The number of aliphatic hydroxyl groups is 1. The maximum atomic E-state index is 12.9. The molecule has 0 unspecified atom stereocenters. The number of benzene rings is 1. The predicted octanol–water partition coefficient (Wildman–Crippen LogP) is 1.40. The predicted molar refractivity (Wildman–Crippen MR) is 94.6 cm³/mol. The largest absolute Gasteiger partial charge is 0.463 e. The van der Waals surface area contributed by atoms with Gasteiger partial charge in [-0.25, -0.2) is 8.42 Å². The zero-order chi connectivity index (χ0) is 19.7. The lowest BCUT2D eigenvalue weighted by Gasteiger charge is -2.34. The van der Waals surface area contributed by atoms with Gasteiger partial charge in [-0.15, -0.1) is 0 Å². The summed E-state index contributed by atoms with van der Waals surface area (Å²) in [6, 6.07) is 4.72. The second-order valence-corrected chi connectivity index (χ2v) is 9.03. The SMILES string of the molecule is Cc1ccc(S(=O)(=O)N2[C@@H](O)C=CC(=O)[C@@H]2COC(=O)C(C)(C)C)cc1. The zero-order valence-electron chi connectivity index (χ0n) is 15.2. The Hall–Kier alpha value is -2.03. The van der Waals surface area contributed by atoms with Crippen LogP contribution in [0.15, 0.2) is 41.3 Å². The van der Waals surface area contributed by atoms with E-state index in [-0.39, 0.29) is 4.90 Å². The molecule has 0 saturated carbocycles. The number of esters is 1. The van der Waals surface area contributed by atoms with Crippen molar-refractivity contribution in [3.8, 4) is 0 Å². The average Bonchev–Trinajstić information content (AvgIpc) is 2.54. The normalized spacial score (nSPS) is 21.7. The van der Waals surface area contributed by atoms with Crippen molar-refractivity contribution in [2.45, 2.75) is 44.9 Å². The smallest absolute Gasteiger partial charge is 0.311 e. The molecule has 8 heteroatoms. The van der Waals surface area contributed by atoms with E-state index in [2.05, 4.69) is 0 Å². The number of ketones is 1. The molecule has 26 heavy (non-hydrogen) atoms. The Kier molecular flexibility index (Phi) is 5.70. The standard InChI is InChI=1S/C18H23NO6S/c1-12-5-7-13(8-6-12)26(23,24)19-14(15(20)9-10-16(19)21)11-25-17(22)18(2,3)4/h5-10,14,16,21H,11H2,1-4H3/t14-,16-/m0/s1. The highest BCUT2D eigenvalue weighted by atomic mass is 32.2. The Morgan fingerprint density at radius 3 is 2.35 bits per heavy atom. The van der Waals surface area contributed by atoms with Crippen molar-refractivity contribution in [2.24, 2.45) is 5.41 Å². The number of carbonyl (C=O) groups excluding carboxylic acids is 2. The molecule has 1 aliphatic rings. The minimum absolute atomic E-state index is 0.0580. The first-order chi connectivity index (χ1) is 11.9. The van der Waals surface area contributed by atoms with Crippen molar-refractivity contribution in [3.63, 3.8) is 0 Å². The summed E-state index contributed by atoms with van der Waals surface area (Å²) >= 11 is 0. The Balaban J connectivity index is 2.35. The maximum Gasteiger partial charge on any atom is 0.311 e. The third-order valence-corrected chi connectivity index (χ3v) is 5.80. The average molecular weight is 381 g/mol. The quantitative estimate of drug-likeness (QED) is 0.791.